The van der Waals surface area contributed by atoms with Crippen LogP contribution in [0.5, 0.6) is 0 Å². The summed E-state index contributed by atoms with van der Waals surface area (Å²) >= 11 is 0.911. The summed E-state index contributed by atoms with van der Waals surface area (Å²) in [5.74, 6) is 0. The first-order valence-corrected chi connectivity index (χ1v) is 6.96. The highest BCUT2D eigenvalue weighted by Gasteiger charge is 2.21. The summed E-state index contributed by atoms with van der Waals surface area (Å²) < 4.78 is 1.45. The Hall–Kier alpha value is -2.67. The van der Waals surface area contributed by atoms with E-state index in [0.717, 1.165) is 16.9 Å². The zero-order valence-corrected chi connectivity index (χ0v) is 11.9. The Morgan fingerprint density at radius 2 is 1.86 bits per heavy atom. The minimum absolute atomic E-state index is 0.0980. The van der Waals surface area contributed by atoms with Crippen molar-refractivity contribution < 1.29 is 4.92 Å². The van der Waals surface area contributed by atoms with Crippen molar-refractivity contribution in [3.8, 4) is 5.69 Å². The number of hydrogen-bond donors (Lipinski definition) is 1. The van der Waals surface area contributed by atoms with Crippen molar-refractivity contribution in [2.45, 2.75) is 6.92 Å². The Kier molecular flexibility index (Phi) is 2.99. The topological polar surface area (TPSA) is 91.2 Å². The van der Waals surface area contributed by atoms with E-state index in [9.17, 15) is 14.9 Å². The number of thiophene rings is 1. The molecular formula is C14H11N3O3S. The Bertz CT molecular complexity index is 910. The summed E-state index contributed by atoms with van der Waals surface area (Å²) in [6.07, 6.45) is 0. The molecular weight excluding hydrogens is 290 g/mol. The van der Waals surface area contributed by atoms with Crippen LogP contribution in [-0.2, 0) is 0 Å². The van der Waals surface area contributed by atoms with Gasteiger partial charge in [-0.3, -0.25) is 19.5 Å². The smallest absolute Gasteiger partial charge is 0.349 e. The number of anilines is 1. The number of nitrogen functional groups attached to an aromatic ring is 1. The Labute approximate surface area is 123 Å². The Morgan fingerprint density at radius 1 is 1.19 bits per heavy atom. The van der Waals surface area contributed by atoms with Gasteiger partial charge in [-0.25, -0.2) is 0 Å². The number of nitrogens with zero attached hydrogens (tertiary/aromatic N) is 2. The number of aryl methyl sites for hydroxylation is 1. The predicted molar refractivity (Wildman–Crippen MR) is 83.2 cm³/mol. The van der Waals surface area contributed by atoms with Crippen LogP contribution >= 0.6 is 11.3 Å². The molecule has 2 N–H and O–H groups in total. The van der Waals surface area contributed by atoms with Gasteiger partial charge in [-0.15, -0.1) is 0 Å². The van der Waals surface area contributed by atoms with Crippen LogP contribution in [0.1, 0.15) is 5.56 Å². The van der Waals surface area contributed by atoms with Gasteiger partial charge in [0.1, 0.15) is 10.5 Å². The Balaban J connectivity index is 2.39. The van der Waals surface area contributed by atoms with E-state index in [1.165, 1.54) is 16.7 Å². The lowest BCUT2D eigenvalue weighted by molar-refractivity contribution is -0.379. The quantitative estimate of drug-likeness (QED) is 0.582. The van der Waals surface area contributed by atoms with Gasteiger partial charge >= 0.3 is 5.00 Å². The van der Waals surface area contributed by atoms with Crippen molar-refractivity contribution in [2.24, 2.45) is 0 Å². The van der Waals surface area contributed by atoms with Gasteiger partial charge in [0.2, 0.25) is 0 Å². The van der Waals surface area contributed by atoms with Gasteiger partial charge in [0.25, 0.3) is 5.56 Å². The minimum atomic E-state index is -0.524. The van der Waals surface area contributed by atoms with Crippen LogP contribution in [0.15, 0.2) is 41.2 Å². The van der Waals surface area contributed by atoms with Crippen LogP contribution in [0.4, 0.5) is 10.7 Å². The van der Waals surface area contributed by atoms with Crippen LogP contribution in [0.2, 0.25) is 0 Å². The molecule has 3 aromatic rings. The van der Waals surface area contributed by atoms with Crippen molar-refractivity contribution in [1.82, 2.24) is 4.57 Å². The van der Waals surface area contributed by atoms with Crippen molar-refractivity contribution in [1.29, 1.82) is 0 Å². The second-order valence-corrected chi connectivity index (χ2v) is 5.62. The van der Waals surface area contributed by atoms with E-state index in [1.807, 2.05) is 19.1 Å². The van der Waals surface area contributed by atoms with Crippen molar-refractivity contribution in [3.05, 3.63) is 62.4 Å². The lowest BCUT2D eigenvalue weighted by Crippen LogP contribution is -2.16. The molecule has 1 aromatic carbocycles. The molecule has 0 aliphatic rings. The molecule has 0 saturated carbocycles. The summed E-state index contributed by atoms with van der Waals surface area (Å²) in [6.45, 7) is 1.95. The van der Waals surface area contributed by atoms with E-state index in [4.69, 9.17) is 5.73 Å². The van der Waals surface area contributed by atoms with E-state index < -0.39 is 4.92 Å². The van der Waals surface area contributed by atoms with Crippen molar-refractivity contribution in [3.63, 3.8) is 0 Å². The number of rotatable bonds is 2. The number of hydrogen-bond acceptors (Lipinski definition) is 5. The van der Waals surface area contributed by atoms with Crippen LogP contribution in [0.25, 0.3) is 15.9 Å². The highest BCUT2D eigenvalue weighted by Crippen LogP contribution is 2.39. The number of fused-ring (bicyclic) bond motifs is 1. The number of benzene rings is 1. The highest BCUT2D eigenvalue weighted by atomic mass is 32.1. The SMILES string of the molecule is Cc1ccc(-n2c(=O)ccc3c(N)c([N+](=O)[O-])sc32)cc1. The lowest BCUT2D eigenvalue weighted by atomic mass is 10.2. The maximum atomic E-state index is 12.2. The van der Waals surface area contributed by atoms with Crippen LogP contribution in [-0.4, -0.2) is 9.49 Å². The van der Waals surface area contributed by atoms with E-state index in [-0.39, 0.29) is 16.2 Å². The number of pyridine rings is 1. The molecule has 21 heavy (non-hydrogen) atoms. The molecule has 2 aromatic heterocycles. The zero-order valence-electron chi connectivity index (χ0n) is 11.1. The summed E-state index contributed by atoms with van der Waals surface area (Å²) in [6, 6.07) is 10.3. The first-order valence-electron chi connectivity index (χ1n) is 6.14. The molecule has 0 fully saturated rings. The average Bonchev–Trinajstić information content (AvgIpc) is 2.78. The normalized spacial score (nSPS) is 10.9. The van der Waals surface area contributed by atoms with E-state index in [1.54, 1.807) is 12.1 Å². The fraction of sp³-hybridized carbons (Fsp3) is 0.0714. The molecule has 3 rings (SSSR count). The standard InChI is InChI=1S/C14H11N3O3S/c1-8-2-4-9(5-3-8)16-11(18)7-6-10-12(15)14(17(19)20)21-13(10)16/h2-7H,15H2,1H3. The maximum Gasteiger partial charge on any atom is 0.349 e. The molecule has 2 heterocycles. The molecule has 7 heteroatoms. The van der Waals surface area contributed by atoms with Crippen molar-refractivity contribution >= 4 is 32.2 Å². The predicted octanol–water partition coefficient (Wildman–Crippen LogP) is 2.85. The number of nitrogens with two attached hydrogens (primary N) is 1. The minimum Gasteiger partial charge on any atom is -0.392 e. The molecule has 0 bridgehead atoms. The van der Waals surface area contributed by atoms with E-state index >= 15 is 0 Å². The molecule has 0 amide bonds. The first-order chi connectivity index (χ1) is 9.99. The zero-order chi connectivity index (χ0) is 15.1. The van der Waals surface area contributed by atoms with Gasteiger partial charge in [0.05, 0.1) is 10.6 Å². The Morgan fingerprint density at radius 3 is 2.48 bits per heavy atom. The molecule has 0 unspecified atom stereocenters. The number of nitro groups is 1. The fourth-order valence-electron chi connectivity index (χ4n) is 2.16. The highest BCUT2D eigenvalue weighted by molar-refractivity contribution is 7.22. The molecule has 0 saturated heterocycles. The van der Waals surface area contributed by atoms with E-state index in [2.05, 4.69) is 0 Å². The first kappa shape index (κ1) is 13.3. The van der Waals surface area contributed by atoms with Gasteiger partial charge in [-0.05, 0) is 36.5 Å². The van der Waals surface area contributed by atoms with Crippen LogP contribution < -0.4 is 11.3 Å². The second-order valence-electron chi connectivity index (χ2n) is 4.64. The third kappa shape index (κ3) is 2.07. The molecule has 0 spiro atoms. The van der Waals surface area contributed by atoms with Crippen LogP contribution in [0.3, 0.4) is 0 Å². The summed E-state index contributed by atoms with van der Waals surface area (Å²) in [7, 11) is 0. The number of aromatic nitrogens is 1. The summed E-state index contributed by atoms with van der Waals surface area (Å²) in [5.41, 5.74) is 7.39. The van der Waals surface area contributed by atoms with Gasteiger partial charge in [-0.2, -0.15) is 0 Å². The molecule has 0 aliphatic carbocycles. The van der Waals surface area contributed by atoms with Gasteiger partial charge in [-0.1, -0.05) is 17.7 Å². The molecule has 0 atom stereocenters. The van der Waals surface area contributed by atoms with Gasteiger partial charge in [0.15, 0.2) is 0 Å². The third-order valence-corrected chi connectivity index (χ3v) is 4.38. The van der Waals surface area contributed by atoms with Crippen LogP contribution in [0, 0.1) is 17.0 Å². The lowest BCUT2D eigenvalue weighted by Gasteiger charge is -2.07. The monoisotopic (exact) mass is 301 g/mol. The molecule has 0 aliphatic heterocycles. The average molecular weight is 301 g/mol. The maximum absolute atomic E-state index is 12.2. The van der Waals surface area contributed by atoms with Gasteiger partial charge in [0, 0.05) is 11.5 Å². The fourth-order valence-corrected chi connectivity index (χ4v) is 3.21. The summed E-state index contributed by atoms with van der Waals surface area (Å²) in [4.78, 5) is 23.1. The summed E-state index contributed by atoms with van der Waals surface area (Å²) in [5, 5.41) is 11.4. The second kappa shape index (κ2) is 4.71. The molecule has 6 nitrogen and oxygen atoms in total. The van der Waals surface area contributed by atoms with Gasteiger partial charge < -0.3 is 5.73 Å². The molecule has 106 valence electrons. The van der Waals surface area contributed by atoms with E-state index in [0.29, 0.717) is 15.9 Å². The third-order valence-electron chi connectivity index (χ3n) is 3.22. The van der Waals surface area contributed by atoms with Crippen molar-refractivity contribution in [2.75, 3.05) is 5.73 Å². The molecule has 0 radical (unpaired) electrons. The largest absolute Gasteiger partial charge is 0.392 e.